The topological polar surface area (TPSA) is 88.7 Å². The Kier molecular flexibility index (Phi) is 12.0. The monoisotopic (exact) mass is 434 g/mol. The zero-order valence-corrected chi connectivity index (χ0v) is 20.3. The van der Waals surface area contributed by atoms with Crippen molar-refractivity contribution in [1.29, 1.82) is 0 Å². The minimum Gasteiger partial charge on any atom is -0.334 e. The molecule has 8 nitrogen and oxygen atoms in total. The number of carbonyl (C=O) groups excluding carboxylic acids is 2. The van der Waals surface area contributed by atoms with Gasteiger partial charge in [-0.05, 0) is 64.6 Å². The maximum absolute atomic E-state index is 12.4. The number of amides is 4. The SMILES string of the molecule is CCN(CC)CC(C)NC(=O)Nc1ccc(C)c(NC(=O)NC(C)CN(CC)CC)c1. The van der Waals surface area contributed by atoms with E-state index in [0.717, 1.165) is 44.8 Å². The standard InChI is InChI=1S/C23H42N6O2/c1-8-28(9-2)15-18(6)24-22(30)26-20-13-12-17(5)21(14-20)27-23(31)25-19(7)16-29(10-3)11-4/h12-14,18-19H,8-11,15-16H2,1-7H3,(H2,24,26,30)(H2,25,27,31). The van der Waals surface area contributed by atoms with Crippen molar-refractivity contribution < 1.29 is 9.59 Å². The van der Waals surface area contributed by atoms with E-state index in [0.29, 0.717) is 11.4 Å². The van der Waals surface area contributed by atoms with Crippen molar-refractivity contribution in [1.82, 2.24) is 20.4 Å². The minimum absolute atomic E-state index is 0.0274. The summed E-state index contributed by atoms with van der Waals surface area (Å²) in [6.45, 7) is 19.7. The molecule has 4 amide bonds. The number of nitrogens with one attached hydrogen (secondary N) is 4. The predicted molar refractivity (Wildman–Crippen MR) is 130 cm³/mol. The molecule has 0 aliphatic heterocycles. The van der Waals surface area contributed by atoms with Gasteiger partial charge in [0, 0.05) is 36.5 Å². The number of urea groups is 2. The summed E-state index contributed by atoms with van der Waals surface area (Å²) in [4.78, 5) is 29.3. The van der Waals surface area contributed by atoms with Crippen LogP contribution in [-0.2, 0) is 0 Å². The lowest BCUT2D eigenvalue weighted by Gasteiger charge is -2.24. The highest BCUT2D eigenvalue weighted by molar-refractivity contribution is 5.93. The van der Waals surface area contributed by atoms with E-state index in [4.69, 9.17) is 0 Å². The van der Waals surface area contributed by atoms with Gasteiger partial charge < -0.3 is 31.1 Å². The van der Waals surface area contributed by atoms with Crippen molar-refractivity contribution in [2.24, 2.45) is 0 Å². The number of benzene rings is 1. The number of hydrogen-bond donors (Lipinski definition) is 4. The summed E-state index contributed by atoms with van der Waals surface area (Å²) in [5.41, 5.74) is 2.22. The van der Waals surface area contributed by atoms with Gasteiger partial charge in [0.25, 0.3) is 0 Å². The summed E-state index contributed by atoms with van der Waals surface area (Å²) in [7, 11) is 0. The van der Waals surface area contributed by atoms with Crippen LogP contribution in [0.15, 0.2) is 18.2 Å². The Labute approximate surface area is 188 Å². The van der Waals surface area contributed by atoms with Crippen molar-refractivity contribution in [3.63, 3.8) is 0 Å². The van der Waals surface area contributed by atoms with Crippen molar-refractivity contribution >= 4 is 23.4 Å². The van der Waals surface area contributed by atoms with Crippen LogP contribution in [0.1, 0.15) is 47.1 Å². The van der Waals surface area contributed by atoms with Gasteiger partial charge in [-0.25, -0.2) is 9.59 Å². The lowest BCUT2D eigenvalue weighted by atomic mass is 10.2. The van der Waals surface area contributed by atoms with Crippen LogP contribution in [0.25, 0.3) is 0 Å². The Bertz CT molecular complexity index is 689. The van der Waals surface area contributed by atoms with Gasteiger partial charge in [-0.3, -0.25) is 0 Å². The molecule has 0 spiro atoms. The van der Waals surface area contributed by atoms with Crippen LogP contribution in [0.4, 0.5) is 21.0 Å². The van der Waals surface area contributed by atoms with Gasteiger partial charge in [-0.2, -0.15) is 0 Å². The van der Waals surface area contributed by atoms with Gasteiger partial charge in [0.15, 0.2) is 0 Å². The first-order valence-corrected chi connectivity index (χ1v) is 11.4. The zero-order valence-electron chi connectivity index (χ0n) is 20.3. The molecule has 1 rings (SSSR count). The third-order valence-corrected chi connectivity index (χ3v) is 5.35. The summed E-state index contributed by atoms with van der Waals surface area (Å²) in [5, 5.41) is 11.7. The quantitative estimate of drug-likeness (QED) is 0.404. The Balaban J connectivity index is 2.64. The number of nitrogens with zero attached hydrogens (tertiary/aromatic N) is 2. The van der Waals surface area contributed by atoms with Crippen molar-refractivity contribution in [3.05, 3.63) is 23.8 Å². The average Bonchev–Trinajstić information content (AvgIpc) is 2.72. The Morgan fingerprint density at radius 3 is 1.71 bits per heavy atom. The average molecular weight is 435 g/mol. The molecule has 0 aliphatic rings. The van der Waals surface area contributed by atoms with Crippen LogP contribution in [0.5, 0.6) is 0 Å². The largest absolute Gasteiger partial charge is 0.334 e. The van der Waals surface area contributed by atoms with Crippen LogP contribution in [0.2, 0.25) is 0 Å². The molecule has 31 heavy (non-hydrogen) atoms. The molecule has 0 bridgehead atoms. The molecule has 0 heterocycles. The van der Waals surface area contributed by atoms with E-state index in [1.165, 1.54) is 0 Å². The molecular weight excluding hydrogens is 392 g/mol. The molecule has 8 heteroatoms. The Morgan fingerprint density at radius 1 is 0.806 bits per heavy atom. The molecule has 0 saturated carbocycles. The lowest BCUT2D eigenvalue weighted by molar-refractivity contribution is 0.237. The van der Waals surface area contributed by atoms with Crippen LogP contribution in [-0.4, -0.2) is 73.2 Å². The van der Waals surface area contributed by atoms with Gasteiger partial charge in [-0.15, -0.1) is 0 Å². The molecular formula is C23H42N6O2. The van der Waals surface area contributed by atoms with Crippen molar-refractivity contribution in [2.75, 3.05) is 49.9 Å². The maximum atomic E-state index is 12.4. The molecule has 4 N–H and O–H groups in total. The van der Waals surface area contributed by atoms with Crippen LogP contribution >= 0.6 is 0 Å². The zero-order chi connectivity index (χ0) is 23.4. The molecule has 1 aromatic rings. The van der Waals surface area contributed by atoms with Gasteiger partial charge in [0.2, 0.25) is 0 Å². The van der Waals surface area contributed by atoms with Crippen LogP contribution < -0.4 is 21.3 Å². The fraction of sp³-hybridized carbons (Fsp3) is 0.652. The molecule has 0 radical (unpaired) electrons. The van der Waals surface area contributed by atoms with E-state index < -0.39 is 0 Å². The van der Waals surface area contributed by atoms with Crippen LogP contribution in [0.3, 0.4) is 0 Å². The van der Waals surface area contributed by atoms with E-state index in [2.05, 4.69) is 58.8 Å². The molecule has 0 aromatic heterocycles. The van der Waals surface area contributed by atoms with Gasteiger partial charge in [0.1, 0.15) is 0 Å². The molecule has 2 unspecified atom stereocenters. The second-order valence-electron chi connectivity index (χ2n) is 8.00. The predicted octanol–water partition coefficient (Wildman–Crippen LogP) is 3.70. The van der Waals surface area contributed by atoms with Crippen LogP contribution in [0, 0.1) is 6.92 Å². The summed E-state index contributed by atoms with van der Waals surface area (Å²) >= 11 is 0. The number of aryl methyl sites for hydroxylation is 1. The molecule has 0 aliphatic carbocycles. The second-order valence-corrected chi connectivity index (χ2v) is 8.00. The molecule has 176 valence electrons. The maximum Gasteiger partial charge on any atom is 0.319 e. The smallest absolute Gasteiger partial charge is 0.319 e. The van der Waals surface area contributed by atoms with Gasteiger partial charge in [-0.1, -0.05) is 33.8 Å². The summed E-state index contributed by atoms with van der Waals surface area (Å²) in [6, 6.07) is 5.03. The van der Waals surface area contributed by atoms with Gasteiger partial charge >= 0.3 is 12.1 Å². The first-order chi connectivity index (χ1) is 14.7. The van der Waals surface area contributed by atoms with E-state index >= 15 is 0 Å². The number of hydrogen-bond acceptors (Lipinski definition) is 4. The van der Waals surface area contributed by atoms with Gasteiger partial charge in [0.05, 0.1) is 0 Å². The van der Waals surface area contributed by atoms with E-state index in [1.54, 1.807) is 6.07 Å². The summed E-state index contributed by atoms with van der Waals surface area (Å²) in [6.07, 6.45) is 0. The third kappa shape index (κ3) is 10.0. The van der Waals surface area contributed by atoms with Crippen molar-refractivity contribution in [3.8, 4) is 0 Å². The van der Waals surface area contributed by atoms with E-state index in [9.17, 15) is 9.59 Å². The molecule has 1 aromatic carbocycles. The number of rotatable bonds is 12. The fourth-order valence-corrected chi connectivity index (χ4v) is 3.44. The highest BCUT2D eigenvalue weighted by Crippen LogP contribution is 2.20. The van der Waals surface area contributed by atoms with E-state index in [1.807, 2.05) is 32.9 Å². The highest BCUT2D eigenvalue weighted by atomic mass is 16.2. The normalized spacial score (nSPS) is 13.1. The third-order valence-electron chi connectivity index (χ3n) is 5.35. The number of anilines is 2. The molecule has 0 fully saturated rings. The summed E-state index contributed by atoms with van der Waals surface area (Å²) in [5.74, 6) is 0. The lowest BCUT2D eigenvalue weighted by Crippen LogP contribution is -2.44. The Hall–Kier alpha value is -2.32. The first-order valence-electron chi connectivity index (χ1n) is 11.4. The number of carbonyl (C=O) groups is 2. The second kappa shape index (κ2) is 13.9. The highest BCUT2D eigenvalue weighted by Gasteiger charge is 2.13. The molecule has 0 saturated heterocycles. The first kappa shape index (κ1) is 26.7. The van der Waals surface area contributed by atoms with E-state index in [-0.39, 0.29) is 24.1 Å². The number of likely N-dealkylation sites (N-methyl/N-ethyl adjacent to an activating group) is 2. The summed E-state index contributed by atoms with van der Waals surface area (Å²) < 4.78 is 0. The fourth-order valence-electron chi connectivity index (χ4n) is 3.44. The Morgan fingerprint density at radius 2 is 1.26 bits per heavy atom. The minimum atomic E-state index is -0.258. The molecule has 2 atom stereocenters. The van der Waals surface area contributed by atoms with Crippen molar-refractivity contribution in [2.45, 2.75) is 60.5 Å².